The highest BCUT2D eigenvalue weighted by Gasteiger charge is 2.42. The molecule has 0 unspecified atom stereocenters. The molecule has 0 radical (unpaired) electrons. The van der Waals surface area contributed by atoms with Crippen molar-refractivity contribution in [3.05, 3.63) is 29.8 Å². The number of carbonyl (C=O) groups excluding carboxylic acids is 1. The third kappa shape index (κ3) is 3.86. The van der Waals surface area contributed by atoms with Crippen LogP contribution in [0.2, 0.25) is 0 Å². The molecular weight excluding hydrogens is 275 g/mol. The van der Waals surface area contributed by atoms with Gasteiger partial charge in [0.05, 0.1) is 6.61 Å². The number of alkyl halides is 3. The summed E-state index contributed by atoms with van der Waals surface area (Å²) in [7, 11) is 0. The van der Waals surface area contributed by atoms with Gasteiger partial charge in [-0.1, -0.05) is 0 Å². The van der Waals surface area contributed by atoms with Crippen molar-refractivity contribution in [2.24, 2.45) is 5.41 Å². The molecule has 4 nitrogen and oxygen atoms in total. The Morgan fingerprint density at radius 3 is 2.35 bits per heavy atom. The second-order valence-corrected chi connectivity index (χ2v) is 4.91. The van der Waals surface area contributed by atoms with E-state index in [0.717, 1.165) is 25.0 Å². The van der Waals surface area contributed by atoms with Gasteiger partial charge < -0.3 is 15.2 Å². The average Bonchev–Trinajstić information content (AvgIpc) is 3.16. The molecule has 0 aliphatic heterocycles. The zero-order chi connectivity index (χ0) is 14.8. The fourth-order valence-corrected chi connectivity index (χ4v) is 1.75. The van der Waals surface area contributed by atoms with Gasteiger partial charge in [0.15, 0.2) is 0 Å². The Bertz CT molecular complexity index is 481. The third-order valence-electron chi connectivity index (χ3n) is 3.27. The van der Waals surface area contributed by atoms with Crippen LogP contribution in [0.25, 0.3) is 0 Å². The first-order valence-corrected chi connectivity index (χ1v) is 6.08. The summed E-state index contributed by atoms with van der Waals surface area (Å²) >= 11 is 0. The molecule has 0 heterocycles. The quantitative estimate of drug-likeness (QED) is 0.872. The van der Waals surface area contributed by atoms with E-state index >= 15 is 0 Å². The van der Waals surface area contributed by atoms with E-state index in [1.165, 1.54) is 12.1 Å². The lowest BCUT2D eigenvalue weighted by Crippen LogP contribution is -2.31. The van der Waals surface area contributed by atoms with Crippen molar-refractivity contribution in [2.45, 2.75) is 19.2 Å². The van der Waals surface area contributed by atoms with Crippen molar-refractivity contribution < 1.29 is 27.8 Å². The van der Waals surface area contributed by atoms with Crippen LogP contribution in [0.3, 0.4) is 0 Å². The predicted octanol–water partition coefficient (Wildman–Crippen LogP) is 2.09. The van der Waals surface area contributed by atoms with Gasteiger partial charge in [-0.15, -0.1) is 13.2 Å². The Morgan fingerprint density at radius 1 is 1.30 bits per heavy atom. The molecule has 1 aromatic carbocycles. The van der Waals surface area contributed by atoms with E-state index in [1.54, 1.807) is 0 Å². The van der Waals surface area contributed by atoms with Gasteiger partial charge in [-0.25, -0.2) is 0 Å². The molecule has 0 aromatic heterocycles. The van der Waals surface area contributed by atoms with Gasteiger partial charge in [-0.05, 0) is 37.1 Å². The minimum absolute atomic E-state index is 0.0195. The normalized spacial score (nSPS) is 16.6. The molecule has 1 amide bonds. The summed E-state index contributed by atoms with van der Waals surface area (Å²) in [6.07, 6.45) is -3.02. The predicted molar refractivity (Wildman–Crippen MR) is 64.2 cm³/mol. The van der Waals surface area contributed by atoms with E-state index in [4.69, 9.17) is 5.11 Å². The molecular formula is C13H14F3NO3. The summed E-state index contributed by atoms with van der Waals surface area (Å²) < 4.78 is 39.6. The van der Waals surface area contributed by atoms with Crippen LogP contribution in [0.5, 0.6) is 5.75 Å². The van der Waals surface area contributed by atoms with Gasteiger partial charge in [-0.3, -0.25) is 4.79 Å². The Balaban J connectivity index is 1.90. The molecule has 1 saturated carbocycles. The maximum atomic E-state index is 12.0. The van der Waals surface area contributed by atoms with Crippen LogP contribution in [0.1, 0.15) is 23.2 Å². The largest absolute Gasteiger partial charge is 0.573 e. The van der Waals surface area contributed by atoms with Gasteiger partial charge in [-0.2, -0.15) is 0 Å². The number of halogens is 3. The van der Waals surface area contributed by atoms with Crippen molar-refractivity contribution in [2.75, 3.05) is 13.2 Å². The third-order valence-corrected chi connectivity index (χ3v) is 3.27. The van der Waals surface area contributed by atoms with Gasteiger partial charge in [0, 0.05) is 17.5 Å². The van der Waals surface area contributed by atoms with Crippen molar-refractivity contribution in [3.8, 4) is 5.75 Å². The molecule has 2 N–H and O–H groups in total. The molecule has 1 aliphatic carbocycles. The number of hydrogen-bond donors (Lipinski definition) is 2. The Kier molecular flexibility index (Phi) is 3.89. The van der Waals surface area contributed by atoms with Crippen molar-refractivity contribution >= 4 is 5.91 Å². The molecule has 110 valence electrons. The van der Waals surface area contributed by atoms with Crippen LogP contribution in [0, 0.1) is 5.41 Å². The summed E-state index contributed by atoms with van der Waals surface area (Å²) in [5.41, 5.74) is 0.0305. The number of ether oxygens (including phenoxy) is 1. The SMILES string of the molecule is O=C(NCC1(CO)CC1)c1ccc(OC(F)(F)F)cc1. The second kappa shape index (κ2) is 5.32. The van der Waals surface area contributed by atoms with Gasteiger partial charge >= 0.3 is 6.36 Å². The topological polar surface area (TPSA) is 58.6 Å². The van der Waals surface area contributed by atoms with E-state index in [2.05, 4.69) is 10.1 Å². The van der Waals surface area contributed by atoms with Crippen LogP contribution in [-0.4, -0.2) is 30.5 Å². The molecule has 0 bridgehead atoms. The number of aliphatic hydroxyl groups is 1. The number of rotatable bonds is 5. The molecule has 7 heteroatoms. The van der Waals surface area contributed by atoms with E-state index < -0.39 is 6.36 Å². The number of benzene rings is 1. The highest BCUT2D eigenvalue weighted by Crippen LogP contribution is 2.44. The van der Waals surface area contributed by atoms with Crippen LogP contribution in [0.4, 0.5) is 13.2 Å². The van der Waals surface area contributed by atoms with E-state index in [0.29, 0.717) is 6.54 Å². The number of hydrogen-bond acceptors (Lipinski definition) is 3. The van der Waals surface area contributed by atoms with Crippen molar-refractivity contribution in [1.29, 1.82) is 0 Å². The average molecular weight is 289 g/mol. The summed E-state index contributed by atoms with van der Waals surface area (Å²) in [6, 6.07) is 4.69. The number of amides is 1. The van der Waals surface area contributed by atoms with E-state index in [-0.39, 0.29) is 29.2 Å². The molecule has 1 aromatic rings. The molecule has 1 fully saturated rings. The molecule has 0 atom stereocenters. The number of carbonyl (C=O) groups is 1. The van der Waals surface area contributed by atoms with Crippen LogP contribution >= 0.6 is 0 Å². The fraction of sp³-hybridized carbons (Fsp3) is 0.462. The summed E-state index contributed by atoms with van der Waals surface area (Å²) in [5.74, 6) is -0.758. The van der Waals surface area contributed by atoms with E-state index in [1.807, 2.05) is 0 Å². The lowest BCUT2D eigenvalue weighted by atomic mass is 10.1. The van der Waals surface area contributed by atoms with E-state index in [9.17, 15) is 18.0 Å². The lowest BCUT2D eigenvalue weighted by molar-refractivity contribution is -0.274. The maximum absolute atomic E-state index is 12.0. The number of nitrogens with one attached hydrogen (secondary N) is 1. The molecule has 0 spiro atoms. The molecule has 2 rings (SSSR count). The summed E-state index contributed by atoms with van der Waals surface area (Å²) in [6.45, 7) is 0.384. The zero-order valence-electron chi connectivity index (χ0n) is 10.5. The van der Waals surface area contributed by atoms with Gasteiger partial charge in [0.2, 0.25) is 0 Å². The summed E-state index contributed by atoms with van der Waals surface area (Å²) in [5, 5.41) is 11.8. The van der Waals surface area contributed by atoms with Crippen molar-refractivity contribution in [3.63, 3.8) is 0 Å². The first-order valence-electron chi connectivity index (χ1n) is 6.08. The first kappa shape index (κ1) is 14.6. The second-order valence-electron chi connectivity index (χ2n) is 4.91. The lowest BCUT2D eigenvalue weighted by Gasteiger charge is -2.13. The summed E-state index contributed by atoms with van der Waals surface area (Å²) in [4.78, 5) is 11.8. The smallest absolute Gasteiger partial charge is 0.406 e. The minimum Gasteiger partial charge on any atom is -0.406 e. The van der Waals surface area contributed by atoms with Crippen molar-refractivity contribution in [1.82, 2.24) is 5.32 Å². The molecule has 1 aliphatic rings. The minimum atomic E-state index is -4.75. The van der Waals surface area contributed by atoms with Gasteiger partial charge in [0.25, 0.3) is 5.91 Å². The number of aliphatic hydroxyl groups excluding tert-OH is 1. The fourth-order valence-electron chi connectivity index (χ4n) is 1.75. The van der Waals surface area contributed by atoms with Gasteiger partial charge in [0.1, 0.15) is 5.75 Å². The first-order chi connectivity index (χ1) is 9.34. The van der Waals surface area contributed by atoms with Crippen LogP contribution in [0.15, 0.2) is 24.3 Å². The highest BCUT2D eigenvalue weighted by atomic mass is 19.4. The Morgan fingerprint density at radius 2 is 1.90 bits per heavy atom. The monoisotopic (exact) mass is 289 g/mol. The Labute approximate surface area is 113 Å². The maximum Gasteiger partial charge on any atom is 0.573 e. The Hall–Kier alpha value is -1.76. The molecule has 0 saturated heterocycles. The van der Waals surface area contributed by atoms with Crippen LogP contribution < -0.4 is 10.1 Å². The molecule has 20 heavy (non-hydrogen) atoms. The van der Waals surface area contributed by atoms with Crippen LogP contribution in [-0.2, 0) is 0 Å². The zero-order valence-corrected chi connectivity index (χ0v) is 10.5. The highest BCUT2D eigenvalue weighted by molar-refractivity contribution is 5.94. The standard InChI is InChI=1S/C13H14F3NO3/c14-13(15,16)20-10-3-1-9(2-4-10)11(19)17-7-12(8-18)5-6-12/h1-4,18H,5-8H2,(H,17,19).